The number of morpholine rings is 1. The van der Waals surface area contributed by atoms with Gasteiger partial charge in [-0.05, 0) is 25.5 Å². The smallest absolute Gasteiger partial charge is 0.225 e. The van der Waals surface area contributed by atoms with E-state index in [1.165, 1.54) is 0 Å². The predicted octanol–water partition coefficient (Wildman–Crippen LogP) is 2.88. The van der Waals surface area contributed by atoms with Gasteiger partial charge in [0.2, 0.25) is 5.91 Å². The van der Waals surface area contributed by atoms with Gasteiger partial charge in [0.15, 0.2) is 0 Å². The Morgan fingerprint density at radius 1 is 1.45 bits per heavy atom. The van der Waals surface area contributed by atoms with Gasteiger partial charge in [0.05, 0.1) is 19.1 Å². The van der Waals surface area contributed by atoms with Gasteiger partial charge in [0.1, 0.15) is 0 Å². The molecular weight excluding hydrogens is 323 g/mol. The van der Waals surface area contributed by atoms with Crippen molar-refractivity contribution < 1.29 is 9.53 Å². The van der Waals surface area contributed by atoms with Crippen molar-refractivity contribution >= 4 is 29.9 Å². The highest BCUT2D eigenvalue weighted by atomic mass is 35.5. The second-order valence-corrected chi connectivity index (χ2v) is 6.02. The number of nitrogens with one attached hydrogen (secondary N) is 1. The van der Waals surface area contributed by atoms with Gasteiger partial charge in [0, 0.05) is 30.7 Å². The number of nitrogens with zero attached hydrogens (tertiary/aromatic N) is 1. The van der Waals surface area contributed by atoms with E-state index in [1.807, 2.05) is 43.0 Å². The number of hydrogen-bond donors (Lipinski definition) is 1. The fraction of sp³-hybridized carbons (Fsp3) is 0.562. The minimum atomic E-state index is -0.0289. The second-order valence-electron chi connectivity index (χ2n) is 5.61. The maximum absolute atomic E-state index is 12.5. The molecule has 1 amide bonds. The second kappa shape index (κ2) is 9.36. The molecule has 0 aliphatic carbocycles. The Balaban J connectivity index is 0.00000242. The van der Waals surface area contributed by atoms with Crippen LogP contribution in [0, 0.1) is 0 Å². The molecule has 1 N–H and O–H groups in total. The van der Waals surface area contributed by atoms with E-state index >= 15 is 0 Å². The zero-order valence-electron chi connectivity index (χ0n) is 13.0. The van der Waals surface area contributed by atoms with Gasteiger partial charge in [-0.1, -0.05) is 29.8 Å². The third-order valence-corrected chi connectivity index (χ3v) is 4.02. The van der Waals surface area contributed by atoms with Crippen molar-refractivity contribution in [3.8, 4) is 0 Å². The molecule has 1 heterocycles. The molecule has 22 heavy (non-hydrogen) atoms. The minimum Gasteiger partial charge on any atom is -0.375 e. The molecule has 1 aliphatic heterocycles. The van der Waals surface area contributed by atoms with Crippen LogP contribution < -0.4 is 5.32 Å². The lowest BCUT2D eigenvalue weighted by Gasteiger charge is -2.30. The fourth-order valence-corrected chi connectivity index (χ4v) is 2.63. The zero-order valence-corrected chi connectivity index (χ0v) is 14.6. The Morgan fingerprint density at radius 2 is 2.18 bits per heavy atom. The lowest BCUT2D eigenvalue weighted by atomic mass is 10.1. The zero-order chi connectivity index (χ0) is 15.2. The normalized spacial score (nSPS) is 17.9. The number of carbonyl (C=O) groups excluding carboxylic acids is 1. The van der Waals surface area contributed by atoms with Crippen molar-refractivity contribution in [2.75, 3.05) is 19.7 Å². The topological polar surface area (TPSA) is 41.6 Å². The Morgan fingerprint density at radius 3 is 2.77 bits per heavy atom. The summed E-state index contributed by atoms with van der Waals surface area (Å²) in [6, 6.07) is 7.79. The lowest BCUT2D eigenvalue weighted by molar-refractivity contribution is -0.137. The van der Waals surface area contributed by atoms with Gasteiger partial charge in [-0.15, -0.1) is 12.4 Å². The van der Waals surface area contributed by atoms with Crippen molar-refractivity contribution in [2.24, 2.45) is 0 Å². The maximum Gasteiger partial charge on any atom is 0.225 e. The molecule has 4 nitrogen and oxygen atoms in total. The van der Waals surface area contributed by atoms with Gasteiger partial charge in [0.25, 0.3) is 0 Å². The van der Waals surface area contributed by atoms with E-state index in [1.54, 1.807) is 0 Å². The Labute approximate surface area is 143 Å². The number of amides is 1. The fourth-order valence-electron chi connectivity index (χ4n) is 2.43. The number of benzene rings is 1. The lowest BCUT2D eigenvalue weighted by Crippen LogP contribution is -2.44. The third kappa shape index (κ3) is 5.43. The van der Waals surface area contributed by atoms with Crippen molar-refractivity contribution in [2.45, 2.75) is 39.0 Å². The molecule has 0 radical (unpaired) electrons. The molecule has 124 valence electrons. The van der Waals surface area contributed by atoms with E-state index in [0.29, 0.717) is 24.6 Å². The summed E-state index contributed by atoms with van der Waals surface area (Å²) in [7, 11) is 0. The number of halogens is 2. The predicted molar refractivity (Wildman–Crippen MR) is 91.6 cm³/mol. The van der Waals surface area contributed by atoms with Crippen LogP contribution in [0.3, 0.4) is 0 Å². The van der Waals surface area contributed by atoms with E-state index in [9.17, 15) is 4.79 Å². The van der Waals surface area contributed by atoms with Crippen LogP contribution in [0.1, 0.15) is 25.8 Å². The SMILES string of the molecule is CC(C)N(Cc1ccccc1Cl)C(=O)CC1CNCCO1.Cl. The van der Waals surface area contributed by atoms with E-state index in [-0.39, 0.29) is 30.5 Å². The van der Waals surface area contributed by atoms with Crippen LogP contribution in [0.2, 0.25) is 5.02 Å². The summed E-state index contributed by atoms with van der Waals surface area (Å²) in [5.41, 5.74) is 0.976. The standard InChI is InChI=1S/C16H23ClN2O2.ClH/c1-12(2)19(11-13-5-3-4-6-15(13)17)16(20)9-14-10-18-7-8-21-14;/h3-6,12,14,18H,7-11H2,1-2H3;1H. The molecule has 1 fully saturated rings. The van der Waals surface area contributed by atoms with E-state index < -0.39 is 0 Å². The highest BCUT2D eigenvalue weighted by Crippen LogP contribution is 2.19. The molecule has 1 atom stereocenters. The van der Waals surface area contributed by atoms with Crippen molar-refractivity contribution in [1.29, 1.82) is 0 Å². The summed E-state index contributed by atoms with van der Waals surface area (Å²) in [5, 5.41) is 3.95. The highest BCUT2D eigenvalue weighted by Gasteiger charge is 2.23. The molecule has 1 unspecified atom stereocenters. The molecule has 0 aromatic heterocycles. The van der Waals surface area contributed by atoms with Gasteiger partial charge in [-0.25, -0.2) is 0 Å². The van der Waals surface area contributed by atoms with E-state index in [4.69, 9.17) is 16.3 Å². The minimum absolute atomic E-state index is 0. The molecule has 0 saturated carbocycles. The van der Waals surface area contributed by atoms with Crippen molar-refractivity contribution in [3.63, 3.8) is 0 Å². The quantitative estimate of drug-likeness (QED) is 0.891. The third-order valence-electron chi connectivity index (χ3n) is 3.65. The molecule has 1 aliphatic rings. The average Bonchev–Trinajstić information content (AvgIpc) is 2.47. The Hall–Kier alpha value is -0.810. The molecule has 1 saturated heterocycles. The van der Waals surface area contributed by atoms with Crippen molar-refractivity contribution in [1.82, 2.24) is 10.2 Å². The van der Waals surface area contributed by atoms with Crippen molar-refractivity contribution in [3.05, 3.63) is 34.9 Å². The first-order valence-corrected chi connectivity index (χ1v) is 7.81. The van der Waals surface area contributed by atoms with Crippen LogP contribution in [-0.2, 0) is 16.1 Å². The first-order chi connectivity index (χ1) is 10.1. The first kappa shape index (κ1) is 19.2. The van der Waals surface area contributed by atoms with Gasteiger partial charge >= 0.3 is 0 Å². The summed E-state index contributed by atoms with van der Waals surface area (Å²) < 4.78 is 5.62. The first-order valence-electron chi connectivity index (χ1n) is 7.43. The van der Waals surface area contributed by atoms with Crippen LogP contribution in [0.5, 0.6) is 0 Å². The summed E-state index contributed by atoms with van der Waals surface area (Å²) in [6.07, 6.45) is 0.383. The molecule has 1 aromatic rings. The molecule has 6 heteroatoms. The van der Waals surface area contributed by atoms with Crippen LogP contribution in [0.25, 0.3) is 0 Å². The Kier molecular flexibility index (Phi) is 8.18. The van der Waals surface area contributed by atoms with Crippen LogP contribution in [0.15, 0.2) is 24.3 Å². The van der Waals surface area contributed by atoms with Gasteiger partial charge < -0.3 is 15.0 Å². The number of rotatable bonds is 5. The van der Waals surface area contributed by atoms with Crippen LogP contribution in [-0.4, -0.2) is 42.6 Å². The summed E-state index contributed by atoms with van der Waals surface area (Å²) in [6.45, 7) is 6.85. The van der Waals surface area contributed by atoms with Crippen LogP contribution >= 0.6 is 24.0 Å². The van der Waals surface area contributed by atoms with E-state index in [2.05, 4.69) is 5.32 Å². The van der Waals surface area contributed by atoms with Gasteiger partial charge in [-0.2, -0.15) is 0 Å². The monoisotopic (exact) mass is 346 g/mol. The molecule has 0 bridgehead atoms. The number of hydrogen-bond acceptors (Lipinski definition) is 3. The number of ether oxygens (including phenoxy) is 1. The highest BCUT2D eigenvalue weighted by molar-refractivity contribution is 6.31. The van der Waals surface area contributed by atoms with Crippen LogP contribution in [0.4, 0.5) is 0 Å². The molecule has 1 aromatic carbocycles. The molecule has 2 rings (SSSR count). The Bertz CT molecular complexity index is 477. The number of carbonyl (C=O) groups is 1. The average molecular weight is 347 g/mol. The van der Waals surface area contributed by atoms with E-state index in [0.717, 1.165) is 18.7 Å². The molecular formula is C16H24Cl2N2O2. The summed E-state index contributed by atoms with van der Waals surface area (Å²) >= 11 is 6.20. The van der Waals surface area contributed by atoms with Gasteiger partial charge in [-0.3, -0.25) is 4.79 Å². The molecule has 0 spiro atoms. The maximum atomic E-state index is 12.5. The summed E-state index contributed by atoms with van der Waals surface area (Å²) in [4.78, 5) is 14.4. The largest absolute Gasteiger partial charge is 0.375 e. The summed E-state index contributed by atoms with van der Waals surface area (Å²) in [5.74, 6) is 0.110.